The van der Waals surface area contributed by atoms with Crippen molar-refractivity contribution in [1.29, 1.82) is 0 Å². The summed E-state index contributed by atoms with van der Waals surface area (Å²) in [5, 5.41) is 0. The van der Waals surface area contributed by atoms with Gasteiger partial charge in [0.25, 0.3) is 0 Å². The number of likely N-dealkylation sites (N-methyl/N-ethyl adjacent to an activating group) is 1. The fourth-order valence-electron chi connectivity index (χ4n) is 1.74. The first-order chi connectivity index (χ1) is 6.31. The Kier molecular flexibility index (Phi) is 2.05. The van der Waals surface area contributed by atoms with Crippen molar-refractivity contribution >= 4 is 5.91 Å². The second kappa shape index (κ2) is 3.21. The molecule has 0 fully saturated rings. The SMILES string of the molecule is CCN1Cc2ccccc2CC1=O. The van der Waals surface area contributed by atoms with Gasteiger partial charge in [0.2, 0.25) is 5.91 Å². The van der Waals surface area contributed by atoms with Crippen LogP contribution in [-0.2, 0) is 17.8 Å². The molecule has 1 amide bonds. The Balaban J connectivity index is 2.33. The summed E-state index contributed by atoms with van der Waals surface area (Å²) in [5.41, 5.74) is 2.49. The van der Waals surface area contributed by atoms with Crippen LogP contribution in [0, 0.1) is 0 Å². The quantitative estimate of drug-likeness (QED) is 0.634. The molecule has 0 saturated heterocycles. The third kappa shape index (κ3) is 1.44. The third-order valence-corrected chi connectivity index (χ3v) is 2.56. The van der Waals surface area contributed by atoms with Crippen LogP contribution in [-0.4, -0.2) is 17.4 Å². The van der Waals surface area contributed by atoms with Crippen molar-refractivity contribution in [3.05, 3.63) is 35.4 Å². The minimum Gasteiger partial charge on any atom is -0.338 e. The number of nitrogens with zero attached hydrogens (tertiary/aromatic N) is 1. The number of carbonyl (C=O) groups excluding carboxylic acids is 1. The summed E-state index contributed by atoms with van der Waals surface area (Å²) in [6.07, 6.45) is 0.573. The second-order valence-electron chi connectivity index (χ2n) is 3.35. The number of amides is 1. The van der Waals surface area contributed by atoms with E-state index in [1.54, 1.807) is 0 Å². The van der Waals surface area contributed by atoms with Crippen molar-refractivity contribution < 1.29 is 4.79 Å². The monoisotopic (exact) mass is 175 g/mol. The first kappa shape index (κ1) is 8.30. The molecule has 1 aromatic rings. The molecule has 0 bridgehead atoms. The van der Waals surface area contributed by atoms with E-state index in [4.69, 9.17) is 0 Å². The molecular formula is C11H13NO. The summed E-state index contributed by atoms with van der Waals surface area (Å²) in [6.45, 7) is 3.62. The lowest BCUT2D eigenvalue weighted by Gasteiger charge is -2.27. The van der Waals surface area contributed by atoms with Crippen molar-refractivity contribution in [2.24, 2.45) is 0 Å². The van der Waals surface area contributed by atoms with E-state index in [2.05, 4.69) is 6.07 Å². The molecule has 1 aromatic carbocycles. The first-order valence-corrected chi connectivity index (χ1v) is 4.66. The Morgan fingerprint density at radius 2 is 2.00 bits per heavy atom. The van der Waals surface area contributed by atoms with Crippen molar-refractivity contribution in [3.8, 4) is 0 Å². The average Bonchev–Trinajstić information content (AvgIpc) is 2.17. The smallest absolute Gasteiger partial charge is 0.227 e. The van der Waals surface area contributed by atoms with Gasteiger partial charge in [0.1, 0.15) is 0 Å². The Labute approximate surface area is 78.2 Å². The van der Waals surface area contributed by atoms with Gasteiger partial charge in [-0.2, -0.15) is 0 Å². The van der Waals surface area contributed by atoms with Crippen LogP contribution in [0.5, 0.6) is 0 Å². The maximum atomic E-state index is 11.5. The Hall–Kier alpha value is -1.31. The fourth-order valence-corrected chi connectivity index (χ4v) is 1.74. The average molecular weight is 175 g/mol. The zero-order valence-electron chi connectivity index (χ0n) is 7.79. The molecule has 68 valence electrons. The van der Waals surface area contributed by atoms with Crippen LogP contribution in [0.1, 0.15) is 18.1 Å². The van der Waals surface area contributed by atoms with Gasteiger partial charge >= 0.3 is 0 Å². The van der Waals surface area contributed by atoms with Crippen molar-refractivity contribution in [3.63, 3.8) is 0 Å². The summed E-state index contributed by atoms with van der Waals surface area (Å²) in [5.74, 6) is 0.251. The highest BCUT2D eigenvalue weighted by Crippen LogP contribution is 2.18. The standard InChI is InChI=1S/C11H13NO/c1-2-12-8-10-6-4-3-5-9(10)7-11(12)13/h3-6H,2,7-8H2,1H3. The Morgan fingerprint density at radius 1 is 1.31 bits per heavy atom. The normalized spacial score (nSPS) is 15.8. The Bertz CT molecular complexity index is 333. The molecule has 0 unspecified atom stereocenters. The van der Waals surface area contributed by atoms with Crippen LogP contribution in [0.4, 0.5) is 0 Å². The van der Waals surface area contributed by atoms with Crippen molar-refractivity contribution in [1.82, 2.24) is 4.90 Å². The van der Waals surface area contributed by atoms with Crippen LogP contribution < -0.4 is 0 Å². The van der Waals surface area contributed by atoms with Crippen molar-refractivity contribution in [2.45, 2.75) is 19.9 Å². The minimum absolute atomic E-state index is 0.251. The fraction of sp³-hybridized carbons (Fsp3) is 0.364. The summed E-state index contributed by atoms with van der Waals surface area (Å²) < 4.78 is 0. The van der Waals surface area contributed by atoms with Gasteiger partial charge in [-0.25, -0.2) is 0 Å². The van der Waals surface area contributed by atoms with Crippen molar-refractivity contribution in [2.75, 3.05) is 6.54 Å². The highest BCUT2D eigenvalue weighted by Gasteiger charge is 2.20. The molecule has 2 nitrogen and oxygen atoms in total. The van der Waals surface area contributed by atoms with Gasteiger partial charge in [-0.3, -0.25) is 4.79 Å². The van der Waals surface area contributed by atoms with Crippen LogP contribution in [0.3, 0.4) is 0 Å². The first-order valence-electron chi connectivity index (χ1n) is 4.66. The third-order valence-electron chi connectivity index (χ3n) is 2.56. The van der Waals surface area contributed by atoms with E-state index in [9.17, 15) is 4.79 Å². The van der Waals surface area contributed by atoms with Gasteiger partial charge in [-0.15, -0.1) is 0 Å². The predicted octanol–water partition coefficient (Wildman–Crippen LogP) is 1.59. The topological polar surface area (TPSA) is 20.3 Å². The van der Waals surface area contributed by atoms with Gasteiger partial charge in [-0.1, -0.05) is 24.3 Å². The molecule has 13 heavy (non-hydrogen) atoms. The van der Waals surface area contributed by atoms with E-state index in [1.165, 1.54) is 11.1 Å². The lowest BCUT2D eigenvalue weighted by atomic mass is 9.99. The predicted molar refractivity (Wildman–Crippen MR) is 51.2 cm³/mol. The molecule has 1 aliphatic heterocycles. The van der Waals surface area contributed by atoms with Crippen LogP contribution in [0.15, 0.2) is 24.3 Å². The van der Waals surface area contributed by atoms with Gasteiger partial charge in [-0.05, 0) is 18.1 Å². The number of benzene rings is 1. The minimum atomic E-state index is 0.251. The van der Waals surface area contributed by atoms with E-state index in [-0.39, 0.29) is 5.91 Å². The van der Waals surface area contributed by atoms with Gasteiger partial charge < -0.3 is 4.90 Å². The lowest BCUT2D eigenvalue weighted by molar-refractivity contribution is -0.131. The molecule has 0 spiro atoms. The van der Waals surface area contributed by atoms with Crippen LogP contribution in [0.2, 0.25) is 0 Å². The molecule has 0 atom stereocenters. The van der Waals surface area contributed by atoms with Gasteiger partial charge in [0.05, 0.1) is 6.42 Å². The summed E-state index contributed by atoms with van der Waals surface area (Å²) >= 11 is 0. The summed E-state index contributed by atoms with van der Waals surface area (Å²) in [6, 6.07) is 8.17. The molecular weight excluding hydrogens is 162 g/mol. The molecule has 0 radical (unpaired) electrons. The molecule has 2 rings (SSSR count). The summed E-state index contributed by atoms with van der Waals surface area (Å²) in [4.78, 5) is 13.4. The molecule has 2 heteroatoms. The molecule has 1 aliphatic rings. The van der Waals surface area contributed by atoms with Gasteiger partial charge in [0.15, 0.2) is 0 Å². The number of carbonyl (C=O) groups is 1. The molecule has 0 saturated carbocycles. The number of rotatable bonds is 1. The lowest BCUT2D eigenvalue weighted by Crippen LogP contribution is -2.35. The number of hydrogen-bond acceptors (Lipinski definition) is 1. The van der Waals surface area contributed by atoms with E-state index in [0.717, 1.165) is 13.1 Å². The van der Waals surface area contributed by atoms with E-state index >= 15 is 0 Å². The molecule has 0 aliphatic carbocycles. The van der Waals surface area contributed by atoms with E-state index < -0.39 is 0 Å². The molecule has 0 aromatic heterocycles. The molecule has 0 N–H and O–H groups in total. The van der Waals surface area contributed by atoms with Crippen LogP contribution >= 0.6 is 0 Å². The highest BCUT2D eigenvalue weighted by atomic mass is 16.2. The maximum absolute atomic E-state index is 11.5. The van der Waals surface area contributed by atoms with Crippen LogP contribution in [0.25, 0.3) is 0 Å². The second-order valence-corrected chi connectivity index (χ2v) is 3.35. The summed E-state index contributed by atoms with van der Waals surface area (Å²) in [7, 11) is 0. The number of fused-ring (bicyclic) bond motifs is 1. The maximum Gasteiger partial charge on any atom is 0.227 e. The Morgan fingerprint density at radius 3 is 2.69 bits per heavy atom. The molecule has 1 heterocycles. The van der Waals surface area contributed by atoms with Gasteiger partial charge in [0, 0.05) is 13.1 Å². The zero-order valence-corrected chi connectivity index (χ0v) is 7.79. The van der Waals surface area contributed by atoms with E-state index in [0.29, 0.717) is 6.42 Å². The number of hydrogen-bond donors (Lipinski definition) is 0. The zero-order chi connectivity index (χ0) is 9.26. The largest absolute Gasteiger partial charge is 0.338 e. The van der Waals surface area contributed by atoms with E-state index in [1.807, 2.05) is 30.0 Å². The highest BCUT2D eigenvalue weighted by molar-refractivity contribution is 5.80.